The van der Waals surface area contributed by atoms with Gasteiger partial charge < -0.3 is 15.4 Å². The predicted molar refractivity (Wildman–Crippen MR) is 84.6 cm³/mol. The van der Waals surface area contributed by atoms with E-state index in [-0.39, 0.29) is 12.1 Å². The van der Waals surface area contributed by atoms with Crippen LogP contribution in [0.5, 0.6) is 0 Å². The fraction of sp³-hybridized carbons (Fsp3) is 0.176. The van der Waals surface area contributed by atoms with Crippen molar-refractivity contribution in [3.05, 3.63) is 54.1 Å². The maximum atomic E-state index is 12.2. The monoisotopic (exact) mass is 296 g/mol. The molecule has 2 amide bonds. The SMILES string of the molecule is C=Cc1ccc2cc(C(=O)OC3CNC(=O)NC3)ccc2c1. The van der Waals surface area contributed by atoms with E-state index < -0.39 is 5.97 Å². The van der Waals surface area contributed by atoms with Gasteiger partial charge in [-0.05, 0) is 34.5 Å². The summed E-state index contributed by atoms with van der Waals surface area (Å²) in [6.07, 6.45) is 1.43. The third kappa shape index (κ3) is 2.93. The van der Waals surface area contributed by atoms with Gasteiger partial charge in [0.25, 0.3) is 0 Å². The van der Waals surface area contributed by atoms with Gasteiger partial charge in [-0.2, -0.15) is 0 Å². The first kappa shape index (κ1) is 14.1. The number of hydrogen-bond acceptors (Lipinski definition) is 3. The normalized spacial score (nSPS) is 15.0. The zero-order valence-corrected chi connectivity index (χ0v) is 12.0. The van der Waals surface area contributed by atoms with Crippen LogP contribution in [0, 0.1) is 0 Å². The van der Waals surface area contributed by atoms with E-state index in [0.717, 1.165) is 16.3 Å². The van der Waals surface area contributed by atoms with Crippen LogP contribution in [0.2, 0.25) is 0 Å². The van der Waals surface area contributed by atoms with Crippen molar-refractivity contribution in [2.45, 2.75) is 6.10 Å². The molecule has 0 bridgehead atoms. The number of hydrogen-bond donors (Lipinski definition) is 2. The molecule has 112 valence electrons. The molecule has 1 fully saturated rings. The molecule has 3 rings (SSSR count). The minimum absolute atomic E-state index is 0.240. The van der Waals surface area contributed by atoms with E-state index in [1.165, 1.54) is 0 Å². The second-order valence-electron chi connectivity index (χ2n) is 5.14. The molecule has 0 saturated carbocycles. The van der Waals surface area contributed by atoms with E-state index in [0.29, 0.717) is 18.7 Å². The zero-order chi connectivity index (χ0) is 15.5. The molecule has 0 aliphatic carbocycles. The van der Waals surface area contributed by atoms with Gasteiger partial charge in [-0.3, -0.25) is 0 Å². The van der Waals surface area contributed by atoms with Crippen molar-refractivity contribution in [1.82, 2.24) is 10.6 Å². The summed E-state index contributed by atoms with van der Waals surface area (Å²) < 4.78 is 5.39. The number of amides is 2. The van der Waals surface area contributed by atoms with Crippen LogP contribution in [0.4, 0.5) is 4.79 Å². The summed E-state index contributed by atoms with van der Waals surface area (Å²) in [5.74, 6) is -0.391. The van der Waals surface area contributed by atoms with E-state index in [9.17, 15) is 9.59 Å². The molecule has 2 N–H and O–H groups in total. The molecular weight excluding hydrogens is 280 g/mol. The van der Waals surface area contributed by atoms with E-state index in [1.54, 1.807) is 18.2 Å². The summed E-state index contributed by atoms with van der Waals surface area (Å²) in [4.78, 5) is 23.2. The maximum absolute atomic E-state index is 12.2. The topological polar surface area (TPSA) is 67.4 Å². The lowest BCUT2D eigenvalue weighted by molar-refractivity contribution is 0.0290. The number of urea groups is 1. The summed E-state index contributed by atoms with van der Waals surface area (Å²) in [7, 11) is 0. The molecule has 0 aromatic heterocycles. The van der Waals surface area contributed by atoms with Crippen LogP contribution in [-0.2, 0) is 4.74 Å². The molecule has 0 spiro atoms. The Kier molecular flexibility index (Phi) is 3.78. The molecule has 1 aliphatic rings. The minimum Gasteiger partial charge on any atom is -0.455 e. The largest absolute Gasteiger partial charge is 0.455 e. The Morgan fingerprint density at radius 1 is 1.14 bits per heavy atom. The van der Waals surface area contributed by atoms with Gasteiger partial charge in [0, 0.05) is 0 Å². The fourth-order valence-corrected chi connectivity index (χ4v) is 2.37. The Hall–Kier alpha value is -2.82. The molecule has 0 atom stereocenters. The highest BCUT2D eigenvalue weighted by Gasteiger charge is 2.21. The highest BCUT2D eigenvalue weighted by atomic mass is 16.5. The highest BCUT2D eigenvalue weighted by Crippen LogP contribution is 2.19. The quantitative estimate of drug-likeness (QED) is 0.854. The minimum atomic E-state index is -0.391. The van der Waals surface area contributed by atoms with Gasteiger partial charge in [0.2, 0.25) is 0 Å². The molecule has 1 heterocycles. The van der Waals surface area contributed by atoms with Crippen LogP contribution in [0.15, 0.2) is 43.0 Å². The number of nitrogens with one attached hydrogen (secondary N) is 2. The van der Waals surface area contributed by atoms with Crippen LogP contribution in [0.3, 0.4) is 0 Å². The molecule has 1 saturated heterocycles. The van der Waals surface area contributed by atoms with Gasteiger partial charge in [-0.15, -0.1) is 0 Å². The number of fused-ring (bicyclic) bond motifs is 1. The van der Waals surface area contributed by atoms with Gasteiger partial charge in [0.15, 0.2) is 0 Å². The van der Waals surface area contributed by atoms with Crippen molar-refractivity contribution >= 4 is 28.8 Å². The molecular formula is C17H16N2O3. The van der Waals surface area contributed by atoms with Crippen LogP contribution in [0.25, 0.3) is 16.8 Å². The molecule has 2 aromatic carbocycles. The summed E-state index contributed by atoms with van der Waals surface area (Å²) in [5.41, 5.74) is 1.53. The van der Waals surface area contributed by atoms with Crippen LogP contribution >= 0.6 is 0 Å². The first-order valence-electron chi connectivity index (χ1n) is 7.04. The third-order valence-corrected chi connectivity index (χ3v) is 3.59. The van der Waals surface area contributed by atoms with E-state index >= 15 is 0 Å². The number of ether oxygens (including phenoxy) is 1. The number of esters is 1. The molecule has 5 heteroatoms. The summed E-state index contributed by atoms with van der Waals surface area (Å²) in [6, 6.07) is 11.1. The smallest absolute Gasteiger partial charge is 0.338 e. The summed E-state index contributed by atoms with van der Waals surface area (Å²) >= 11 is 0. The molecule has 2 aromatic rings. The zero-order valence-electron chi connectivity index (χ0n) is 12.0. The van der Waals surface area contributed by atoms with Crippen molar-refractivity contribution in [2.75, 3.05) is 13.1 Å². The van der Waals surface area contributed by atoms with Crippen LogP contribution in [-0.4, -0.2) is 31.2 Å². The Morgan fingerprint density at radius 2 is 1.82 bits per heavy atom. The second-order valence-corrected chi connectivity index (χ2v) is 5.14. The van der Waals surface area contributed by atoms with Gasteiger partial charge >= 0.3 is 12.0 Å². The number of carbonyl (C=O) groups is 2. The number of carbonyl (C=O) groups excluding carboxylic acids is 2. The lowest BCUT2D eigenvalue weighted by Gasteiger charge is -2.23. The Labute approximate surface area is 128 Å². The summed E-state index contributed by atoms with van der Waals surface area (Å²) in [5, 5.41) is 7.20. The van der Waals surface area contributed by atoms with Crippen LogP contribution in [0.1, 0.15) is 15.9 Å². The third-order valence-electron chi connectivity index (χ3n) is 3.59. The highest BCUT2D eigenvalue weighted by molar-refractivity contribution is 5.96. The number of rotatable bonds is 3. The van der Waals surface area contributed by atoms with Gasteiger partial charge in [-0.1, -0.05) is 30.9 Å². The maximum Gasteiger partial charge on any atom is 0.338 e. The second kappa shape index (κ2) is 5.89. The standard InChI is InChI=1S/C17H16N2O3/c1-2-11-3-4-13-8-14(6-5-12(13)7-11)16(20)22-15-9-18-17(21)19-10-15/h2-8,15H,1,9-10H2,(H2,18,19,21). The average molecular weight is 296 g/mol. The fourth-order valence-electron chi connectivity index (χ4n) is 2.37. The molecule has 5 nitrogen and oxygen atoms in total. The Bertz CT molecular complexity index is 745. The molecule has 0 unspecified atom stereocenters. The van der Waals surface area contributed by atoms with E-state index in [1.807, 2.05) is 24.3 Å². The van der Waals surface area contributed by atoms with Crippen molar-refractivity contribution in [2.24, 2.45) is 0 Å². The van der Waals surface area contributed by atoms with Crippen molar-refractivity contribution in [3.8, 4) is 0 Å². The predicted octanol–water partition coefficient (Wildman–Crippen LogP) is 2.32. The Balaban J connectivity index is 1.76. The average Bonchev–Trinajstić information content (AvgIpc) is 2.56. The molecule has 0 radical (unpaired) electrons. The molecule has 1 aliphatic heterocycles. The van der Waals surface area contributed by atoms with Gasteiger partial charge in [0.05, 0.1) is 18.7 Å². The van der Waals surface area contributed by atoms with Gasteiger partial charge in [-0.25, -0.2) is 9.59 Å². The van der Waals surface area contributed by atoms with E-state index in [2.05, 4.69) is 17.2 Å². The first-order chi connectivity index (χ1) is 10.7. The van der Waals surface area contributed by atoms with Crippen molar-refractivity contribution in [3.63, 3.8) is 0 Å². The Morgan fingerprint density at radius 3 is 2.55 bits per heavy atom. The van der Waals surface area contributed by atoms with Crippen molar-refractivity contribution < 1.29 is 14.3 Å². The first-order valence-corrected chi connectivity index (χ1v) is 7.04. The summed E-state index contributed by atoms with van der Waals surface area (Å²) in [6.45, 7) is 4.40. The molecule has 22 heavy (non-hydrogen) atoms. The van der Waals surface area contributed by atoms with Gasteiger partial charge in [0.1, 0.15) is 6.10 Å². The van der Waals surface area contributed by atoms with E-state index in [4.69, 9.17) is 4.74 Å². The van der Waals surface area contributed by atoms with Crippen molar-refractivity contribution in [1.29, 1.82) is 0 Å². The lowest BCUT2D eigenvalue weighted by atomic mass is 10.0. The lowest BCUT2D eigenvalue weighted by Crippen LogP contribution is -2.52. The van der Waals surface area contributed by atoms with Crippen LogP contribution < -0.4 is 10.6 Å². The number of benzene rings is 2.